The number of aliphatic hydroxyl groups is 1. The monoisotopic (exact) mass is 435 g/mol. The molecule has 4 aromatic rings. The van der Waals surface area contributed by atoms with Gasteiger partial charge in [0.25, 0.3) is 5.91 Å². The molecule has 0 bridgehead atoms. The summed E-state index contributed by atoms with van der Waals surface area (Å²) in [4.78, 5) is 25.2. The third-order valence-electron chi connectivity index (χ3n) is 5.26. The number of ketones is 1. The number of pyridine rings is 1. The second-order valence-corrected chi connectivity index (χ2v) is 7.51. The first-order valence-electron chi connectivity index (χ1n) is 9.91. The van der Waals surface area contributed by atoms with Crippen LogP contribution in [0.4, 0.5) is 10.1 Å². The van der Waals surface area contributed by atoms with Crippen LogP contribution in [0.1, 0.15) is 38.9 Å². The Morgan fingerprint density at radius 2 is 2.00 bits per heavy atom. The summed E-state index contributed by atoms with van der Waals surface area (Å²) in [5, 5.41) is 16.3. The highest BCUT2D eigenvalue weighted by Crippen LogP contribution is 2.30. The number of Topliss-reactive ketones (excluding diaryl/α,β-unsaturated/α-hetero) is 1. The Balaban J connectivity index is 1.79. The number of nitrogens with zero attached hydrogens (tertiary/aromatic N) is 3. The Hall–Kier alpha value is -3.82. The Kier molecular flexibility index (Phi) is 5.60. The number of fused-ring (bicyclic) bond motifs is 1. The van der Waals surface area contributed by atoms with Crippen molar-refractivity contribution in [3.8, 4) is 11.1 Å². The van der Waals surface area contributed by atoms with Gasteiger partial charge in [-0.15, -0.1) is 0 Å². The molecular weight excluding hydrogens is 413 g/mol. The zero-order valence-electron chi connectivity index (χ0n) is 17.6. The van der Waals surface area contributed by atoms with E-state index in [0.29, 0.717) is 22.3 Å². The van der Waals surface area contributed by atoms with E-state index < -0.39 is 11.7 Å². The lowest BCUT2D eigenvalue weighted by Crippen LogP contribution is -2.14. The number of aliphatic hydroxyl groups excluding tert-OH is 1. The molecule has 1 aromatic carbocycles. The van der Waals surface area contributed by atoms with Gasteiger partial charge in [-0.05, 0) is 41.5 Å². The number of halogens is 1. The number of benzene rings is 1. The van der Waals surface area contributed by atoms with Gasteiger partial charge in [-0.2, -0.15) is 5.10 Å². The molecule has 1 amide bonds. The summed E-state index contributed by atoms with van der Waals surface area (Å²) in [5.41, 5.74) is 8.60. The molecule has 0 aliphatic carbocycles. The SMILES string of the molecule is CC(=O)c1cc(C(=O)Nc2cc(CO)cc(-c3cnn(C)c3)c2F)c2cc(CN)ccn12. The van der Waals surface area contributed by atoms with Crippen molar-refractivity contribution in [2.24, 2.45) is 12.8 Å². The molecule has 4 N–H and O–H groups in total. The Labute approximate surface area is 183 Å². The fourth-order valence-corrected chi connectivity index (χ4v) is 3.65. The van der Waals surface area contributed by atoms with Crippen molar-refractivity contribution in [2.45, 2.75) is 20.1 Å². The van der Waals surface area contributed by atoms with Crippen molar-refractivity contribution in [2.75, 3.05) is 5.32 Å². The highest BCUT2D eigenvalue weighted by molar-refractivity contribution is 6.11. The lowest BCUT2D eigenvalue weighted by Gasteiger charge is -2.12. The second kappa shape index (κ2) is 8.37. The van der Waals surface area contributed by atoms with Crippen LogP contribution in [0.2, 0.25) is 0 Å². The average Bonchev–Trinajstić information content (AvgIpc) is 3.38. The molecule has 4 rings (SSSR count). The second-order valence-electron chi connectivity index (χ2n) is 7.51. The normalized spacial score (nSPS) is 11.2. The van der Waals surface area contributed by atoms with Crippen molar-refractivity contribution in [3.05, 3.63) is 77.1 Å². The van der Waals surface area contributed by atoms with Crippen LogP contribution in [-0.2, 0) is 20.2 Å². The van der Waals surface area contributed by atoms with E-state index >= 15 is 4.39 Å². The molecule has 3 heterocycles. The minimum absolute atomic E-state index is 0.0842. The van der Waals surface area contributed by atoms with Gasteiger partial charge < -0.3 is 20.6 Å². The van der Waals surface area contributed by atoms with E-state index in [1.54, 1.807) is 36.0 Å². The number of aromatic nitrogens is 3. The van der Waals surface area contributed by atoms with Crippen LogP contribution in [0, 0.1) is 5.82 Å². The fraction of sp³-hybridized carbons (Fsp3) is 0.174. The summed E-state index contributed by atoms with van der Waals surface area (Å²) in [6, 6.07) is 7.86. The largest absolute Gasteiger partial charge is 0.392 e. The number of carbonyl (C=O) groups excluding carboxylic acids is 2. The third kappa shape index (κ3) is 3.79. The Bertz CT molecular complexity index is 1360. The number of nitrogens with two attached hydrogens (primary N) is 1. The van der Waals surface area contributed by atoms with Crippen LogP contribution in [0.25, 0.3) is 16.6 Å². The van der Waals surface area contributed by atoms with Gasteiger partial charge in [-0.1, -0.05) is 0 Å². The van der Waals surface area contributed by atoms with Crippen molar-refractivity contribution in [1.82, 2.24) is 14.2 Å². The van der Waals surface area contributed by atoms with Crippen molar-refractivity contribution in [3.63, 3.8) is 0 Å². The van der Waals surface area contributed by atoms with Crippen LogP contribution in [-0.4, -0.2) is 31.0 Å². The number of hydrogen-bond acceptors (Lipinski definition) is 5. The van der Waals surface area contributed by atoms with E-state index in [1.165, 1.54) is 36.0 Å². The summed E-state index contributed by atoms with van der Waals surface area (Å²) < 4.78 is 18.5. The Morgan fingerprint density at radius 3 is 2.62 bits per heavy atom. The molecule has 0 spiro atoms. The molecule has 3 aromatic heterocycles. The minimum atomic E-state index is -0.651. The first kappa shape index (κ1) is 21.4. The van der Waals surface area contributed by atoms with Gasteiger partial charge >= 0.3 is 0 Å². The topological polar surface area (TPSA) is 115 Å². The summed E-state index contributed by atoms with van der Waals surface area (Å²) in [6.45, 7) is 1.34. The van der Waals surface area contributed by atoms with E-state index in [9.17, 15) is 14.7 Å². The molecule has 0 aliphatic heterocycles. The molecule has 9 heteroatoms. The summed E-state index contributed by atoms with van der Waals surface area (Å²) in [6.07, 6.45) is 4.82. The molecule has 164 valence electrons. The van der Waals surface area contributed by atoms with Gasteiger partial charge in [0.2, 0.25) is 0 Å². The van der Waals surface area contributed by atoms with E-state index in [4.69, 9.17) is 5.73 Å². The number of hydrogen-bond donors (Lipinski definition) is 3. The zero-order valence-corrected chi connectivity index (χ0v) is 17.6. The smallest absolute Gasteiger partial charge is 0.257 e. The quantitative estimate of drug-likeness (QED) is 0.403. The predicted octanol–water partition coefficient (Wildman–Crippen LogP) is 2.88. The highest BCUT2D eigenvalue weighted by atomic mass is 19.1. The number of carbonyl (C=O) groups is 2. The van der Waals surface area contributed by atoms with Crippen LogP contribution in [0.3, 0.4) is 0 Å². The third-order valence-corrected chi connectivity index (χ3v) is 5.26. The maximum absolute atomic E-state index is 15.3. The molecule has 8 nitrogen and oxygen atoms in total. The van der Waals surface area contributed by atoms with Crippen LogP contribution >= 0.6 is 0 Å². The van der Waals surface area contributed by atoms with Crippen molar-refractivity contribution < 1.29 is 19.1 Å². The summed E-state index contributed by atoms with van der Waals surface area (Å²) in [7, 11) is 1.71. The molecule has 0 saturated heterocycles. The molecule has 0 saturated carbocycles. The van der Waals surface area contributed by atoms with Crippen LogP contribution in [0.5, 0.6) is 0 Å². The van der Waals surface area contributed by atoms with Gasteiger partial charge in [-0.3, -0.25) is 14.3 Å². The summed E-state index contributed by atoms with van der Waals surface area (Å²) >= 11 is 0. The Morgan fingerprint density at radius 1 is 1.22 bits per heavy atom. The lowest BCUT2D eigenvalue weighted by molar-refractivity contribution is 0.101. The lowest BCUT2D eigenvalue weighted by atomic mass is 10.0. The molecule has 0 atom stereocenters. The zero-order chi connectivity index (χ0) is 23.0. The molecule has 32 heavy (non-hydrogen) atoms. The van der Waals surface area contributed by atoms with E-state index in [-0.39, 0.29) is 35.7 Å². The van der Waals surface area contributed by atoms with E-state index in [2.05, 4.69) is 10.4 Å². The molecule has 0 radical (unpaired) electrons. The molecular formula is C23H22FN5O3. The number of rotatable bonds is 6. The molecule has 0 aliphatic rings. The van der Waals surface area contributed by atoms with Gasteiger partial charge in [0.05, 0.1) is 35.3 Å². The first-order chi connectivity index (χ1) is 15.3. The van der Waals surface area contributed by atoms with Gasteiger partial charge in [0.1, 0.15) is 0 Å². The van der Waals surface area contributed by atoms with Crippen molar-refractivity contribution in [1.29, 1.82) is 0 Å². The van der Waals surface area contributed by atoms with Gasteiger partial charge in [0.15, 0.2) is 11.6 Å². The van der Waals surface area contributed by atoms with Crippen LogP contribution in [0.15, 0.2) is 48.9 Å². The number of amides is 1. The maximum atomic E-state index is 15.3. The molecule has 0 unspecified atom stereocenters. The number of nitrogens with one attached hydrogen (secondary N) is 1. The molecule has 0 fully saturated rings. The number of aryl methyl sites for hydroxylation is 1. The number of anilines is 1. The standard InChI is InChI=1S/C23H22FN5O3/c1-13(31)20-8-18(21-7-14(9-25)3-4-29(20)21)23(32)27-19-6-15(12-30)5-17(22(19)24)16-10-26-28(2)11-16/h3-8,10-11,30H,9,12,25H2,1-2H3,(H,27,32). The highest BCUT2D eigenvalue weighted by Gasteiger charge is 2.21. The van der Waals surface area contributed by atoms with Gasteiger partial charge in [-0.25, -0.2) is 4.39 Å². The fourth-order valence-electron chi connectivity index (χ4n) is 3.65. The van der Waals surface area contributed by atoms with Crippen LogP contribution < -0.4 is 11.1 Å². The first-order valence-corrected chi connectivity index (χ1v) is 9.91. The van der Waals surface area contributed by atoms with E-state index in [1.807, 2.05) is 0 Å². The van der Waals surface area contributed by atoms with Crippen molar-refractivity contribution >= 4 is 22.9 Å². The maximum Gasteiger partial charge on any atom is 0.257 e. The summed E-state index contributed by atoms with van der Waals surface area (Å²) in [5.74, 6) is -1.45. The van der Waals surface area contributed by atoms with E-state index in [0.717, 1.165) is 5.56 Å². The predicted molar refractivity (Wildman–Crippen MR) is 118 cm³/mol. The average molecular weight is 435 g/mol. The minimum Gasteiger partial charge on any atom is -0.392 e. The van der Waals surface area contributed by atoms with Gasteiger partial charge in [0, 0.05) is 44.0 Å².